The van der Waals surface area contributed by atoms with Gasteiger partial charge in [-0.3, -0.25) is 4.79 Å². The SMILES string of the molecule is NCCOCC(=O)NCCOCC1CC1. The van der Waals surface area contributed by atoms with Crippen molar-refractivity contribution in [3.63, 3.8) is 0 Å². The van der Waals surface area contributed by atoms with Gasteiger partial charge in [-0.2, -0.15) is 0 Å². The van der Waals surface area contributed by atoms with Gasteiger partial charge in [0.05, 0.1) is 13.2 Å². The van der Waals surface area contributed by atoms with Crippen LogP contribution in [0, 0.1) is 5.92 Å². The van der Waals surface area contributed by atoms with Gasteiger partial charge in [-0.25, -0.2) is 0 Å². The van der Waals surface area contributed by atoms with E-state index in [4.69, 9.17) is 15.2 Å². The van der Waals surface area contributed by atoms with Crippen LogP contribution in [0.25, 0.3) is 0 Å². The molecule has 0 spiro atoms. The van der Waals surface area contributed by atoms with E-state index in [1.54, 1.807) is 0 Å². The van der Waals surface area contributed by atoms with Gasteiger partial charge < -0.3 is 20.5 Å². The number of nitrogens with one attached hydrogen (secondary N) is 1. The number of carbonyl (C=O) groups is 1. The predicted molar refractivity (Wildman–Crippen MR) is 56.4 cm³/mol. The molecule has 88 valence electrons. The Kier molecular flexibility index (Phi) is 6.31. The van der Waals surface area contributed by atoms with E-state index >= 15 is 0 Å². The summed E-state index contributed by atoms with van der Waals surface area (Å²) < 4.78 is 10.3. The summed E-state index contributed by atoms with van der Waals surface area (Å²) in [5, 5.41) is 2.71. The van der Waals surface area contributed by atoms with Crippen LogP contribution < -0.4 is 11.1 Å². The number of hydrogen-bond donors (Lipinski definition) is 2. The number of hydrogen-bond acceptors (Lipinski definition) is 4. The van der Waals surface area contributed by atoms with E-state index in [0.29, 0.717) is 26.3 Å². The summed E-state index contributed by atoms with van der Waals surface area (Å²) >= 11 is 0. The van der Waals surface area contributed by atoms with Crippen molar-refractivity contribution in [3.05, 3.63) is 0 Å². The third-order valence-corrected chi connectivity index (χ3v) is 2.11. The van der Waals surface area contributed by atoms with Gasteiger partial charge in [-0.15, -0.1) is 0 Å². The molecule has 0 saturated heterocycles. The molecule has 1 fully saturated rings. The third kappa shape index (κ3) is 7.30. The second kappa shape index (κ2) is 7.62. The molecule has 0 radical (unpaired) electrons. The zero-order valence-corrected chi connectivity index (χ0v) is 9.04. The average Bonchev–Trinajstić information content (AvgIpc) is 3.02. The fraction of sp³-hybridized carbons (Fsp3) is 0.900. The molecule has 0 atom stereocenters. The molecule has 0 aliphatic heterocycles. The molecule has 5 heteroatoms. The van der Waals surface area contributed by atoms with E-state index in [0.717, 1.165) is 12.5 Å². The number of ether oxygens (including phenoxy) is 2. The highest BCUT2D eigenvalue weighted by Gasteiger charge is 2.20. The van der Waals surface area contributed by atoms with Crippen LogP contribution in [0.4, 0.5) is 0 Å². The van der Waals surface area contributed by atoms with E-state index in [-0.39, 0.29) is 12.5 Å². The summed E-state index contributed by atoms with van der Waals surface area (Å²) in [5.41, 5.74) is 5.21. The van der Waals surface area contributed by atoms with Gasteiger partial charge in [0, 0.05) is 19.7 Å². The highest BCUT2D eigenvalue weighted by molar-refractivity contribution is 5.77. The molecule has 1 aliphatic carbocycles. The molecule has 5 nitrogen and oxygen atoms in total. The Balaban J connectivity index is 1.78. The first kappa shape index (κ1) is 12.4. The van der Waals surface area contributed by atoms with Crippen LogP contribution in [0.15, 0.2) is 0 Å². The number of nitrogens with two attached hydrogens (primary N) is 1. The summed E-state index contributed by atoms with van der Waals surface area (Å²) in [4.78, 5) is 11.1. The van der Waals surface area contributed by atoms with E-state index < -0.39 is 0 Å². The highest BCUT2D eigenvalue weighted by Crippen LogP contribution is 2.28. The highest BCUT2D eigenvalue weighted by atomic mass is 16.5. The Morgan fingerprint density at radius 1 is 1.33 bits per heavy atom. The van der Waals surface area contributed by atoms with Crippen LogP contribution in [0.1, 0.15) is 12.8 Å². The van der Waals surface area contributed by atoms with Crippen LogP contribution in [0.5, 0.6) is 0 Å². The van der Waals surface area contributed by atoms with Crippen molar-refractivity contribution in [2.75, 3.05) is 39.5 Å². The first-order valence-corrected chi connectivity index (χ1v) is 5.45. The Hall–Kier alpha value is -0.650. The van der Waals surface area contributed by atoms with Crippen LogP contribution in [-0.2, 0) is 14.3 Å². The molecule has 0 heterocycles. The van der Waals surface area contributed by atoms with Crippen molar-refractivity contribution in [1.29, 1.82) is 0 Å². The fourth-order valence-electron chi connectivity index (χ4n) is 1.10. The molecule has 0 aromatic carbocycles. The number of carbonyl (C=O) groups excluding carboxylic acids is 1. The third-order valence-electron chi connectivity index (χ3n) is 2.11. The molecule has 1 aliphatic rings. The van der Waals surface area contributed by atoms with Crippen molar-refractivity contribution in [2.24, 2.45) is 11.7 Å². The van der Waals surface area contributed by atoms with Gasteiger partial charge in [0.2, 0.25) is 5.91 Å². The maximum atomic E-state index is 11.1. The summed E-state index contributed by atoms with van der Waals surface area (Å²) in [7, 11) is 0. The first-order valence-electron chi connectivity index (χ1n) is 5.45. The van der Waals surface area contributed by atoms with Gasteiger partial charge in [0.15, 0.2) is 0 Å². The second-order valence-corrected chi connectivity index (χ2v) is 3.71. The topological polar surface area (TPSA) is 73.6 Å². The van der Waals surface area contributed by atoms with Gasteiger partial charge >= 0.3 is 0 Å². The van der Waals surface area contributed by atoms with E-state index in [1.807, 2.05) is 0 Å². The summed E-state index contributed by atoms with van der Waals surface area (Å²) in [5.74, 6) is 0.659. The minimum Gasteiger partial charge on any atom is -0.379 e. The Morgan fingerprint density at radius 3 is 2.80 bits per heavy atom. The summed E-state index contributed by atoms with van der Waals surface area (Å²) in [6, 6.07) is 0. The van der Waals surface area contributed by atoms with Crippen molar-refractivity contribution in [3.8, 4) is 0 Å². The minimum absolute atomic E-state index is 0.0832. The lowest BCUT2D eigenvalue weighted by Crippen LogP contribution is -2.31. The quantitative estimate of drug-likeness (QED) is 0.510. The van der Waals surface area contributed by atoms with E-state index in [1.165, 1.54) is 12.8 Å². The number of amides is 1. The molecule has 1 rings (SSSR count). The molecule has 0 unspecified atom stereocenters. The first-order chi connectivity index (χ1) is 7.33. The van der Waals surface area contributed by atoms with Crippen molar-refractivity contribution in [1.82, 2.24) is 5.32 Å². The number of rotatable bonds is 9. The molecular weight excluding hydrogens is 196 g/mol. The molecule has 0 bridgehead atoms. The Morgan fingerprint density at radius 2 is 2.13 bits per heavy atom. The van der Waals surface area contributed by atoms with Crippen molar-refractivity contribution < 1.29 is 14.3 Å². The van der Waals surface area contributed by atoms with Crippen LogP contribution in [-0.4, -0.2) is 45.4 Å². The summed E-state index contributed by atoms with van der Waals surface area (Å²) in [6.45, 7) is 2.92. The largest absolute Gasteiger partial charge is 0.379 e. The lowest BCUT2D eigenvalue weighted by atomic mass is 10.5. The smallest absolute Gasteiger partial charge is 0.246 e. The van der Waals surface area contributed by atoms with Crippen molar-refractivity contribution >= 4 is 5.91 Å². The lowest BCUT2D eigenvalue weighted by Gasteiger charge is -2.06. The maximum Gasteiger partial charge on any atom is 0.246 e. The standard InChI is InChI=1S/C10H20N2O3/c11-3-5-14-8-10(13)12-4-6-15-7-9-1-2-9/h9H,1-8,11H2,(H,12,13). The second-order valence-electron chi connectivity index (χ2n) is 3.71. The molecule has 0 aromatic rings. The monoisotopic (exact) mass is 216 g/mol. The van der Waals surface area contributed by atoms with Gasteiger partial charge in [-0.05, 0) is 18.8 Å². The fourth-order valence-corrected chi connectivity index (χ4v) is 1.10. The Labute approximate surface area is 90.3 Å². The molecule has 0 aromatic heterocycles. The Bertz CT molecular complexity index is 184. The van der Waals surface area contributed by atoms with E-state index in [9.17, 15) is 4.79 Å². The molecule has 15 heavy (non-hydrogen) atoms. The minimum atomic E-state index is -0.113. The molecular formula is C10H20N2O3. The zero-order chi connectivity index (χ0) is 10.9. The zero-order valence-electron chi connectivity index (χ0n) is 9.04. The van der Waals surface area contributed by atoms with Gasteiger partial charge in [0.1, 0.15) is 6.61 Å². The molecule has 1 saturated carbocycles. The normalized spacial score (nSPS) is 15.3. The van der Waals surface area contributed by atoms with E-state index in [2.05, 4.69) is 5.32 Å². The summed E-state index contributed by atoms with van der Waals surface area (Å²) in [6.07, 6.45) is 2.58. The van der Waals surface area contributed by atoms with Gasteiger partial charge in [0.25, 0.3) is 0 Å². The average molecular weight is 216 g/mol. The molecule has 1 amide bonds. The van der Waals surface area contributed by atoms with Crippen LogP contribution in [0.2, 0.25) is 0 Å². The predicted octanol–water partition coefficient (Wildman–Crippen LogP) is -0.495. The van der Waals surface area contributed by atoms with Crippen LogP contribution >= 0.6 is 0 Å². The van der Waals surface area contributed by atoms with Gasteiger partial charge in [-0.1, -0.05) is 0 Å². The van der Waals surface area contributed by atoms with Crippen LogP contribution in [0.3, 0.4) is 0 Å². The van der Waals surface area contributed by atoms with Crippen molar-refractivity contribution in [2.45, 2.75) is 12.8 Å². The lowest BCUT2D eigenvalue weighted by molar-refractivity contribution is -0.125. The molecule has 3 N–H and O–H groups in total. The maximum absolute atomic E-state index is 11.1.